The van der Waals surface area contributed by atoms with Crippen LogP contribution in [0.1, 0.15) is 22.3 Å². The van der Waals surface area contributed by atoms with Gasteiger partial charge in [-0.1, -0.05) is 72.3 Å². The van der Waals surface area contributed by atoms with Crippen LogP contribution >= 0.6 is 27.7 Å². The van der Waals surface area contributed by atoms with Gasteiger partial charge in [-0.25, -0.2) is 0 Å². The lowest BCUT2D eigenvalue weighted by Gasteiger charge is -2.12. The van der Waals surface area contributed by atoms with Gasteiger partial charge in [-0.15, -0.1) is 0 Å². The highest BCUT2D eigenvalue weighted by Gasteiger charge is 2.35. The fourth-order valence-corrected chi connectivity index (χ4v) is 5.23. The highest BCUT2D eigenvalue weighted by Crippen LogP contribution is 2.35. The van der Waals surface area contributed by atoms with Gasteiger partial charge in [0.25, 0.3) is 11.1 Å². The molecule has 1 aliphatic rings. The maximum atomic E-state index is 12.9. The van der Waals surface area contributed by atoms with E-state index in [1.165, 1.54) is 15.7 Å². The summed E-state index contributed by atoms with van der Waals surface area (Å²) in [6.07, 6.45) is 1.75. The molecule has 35 heavy (non-hydrogen) atoms. The van der Waals surface area contributed by atoms with Crippen LogP contribution in [0.15, 0.2) is 94.3 Å². The Labute approximate surface area is 216 Å². The minimum absolute atomic E-state index is 0.253. The summed E-state index contributed by atoms with van der Waals surface area (Å²) in [7, 11) is 0. The zero-order valence-corrected chi connectivity index (χ0v) is 21.4. The maximum absolute atomic E-state index is 12.9. The largest absolute Gasteiger partial charge is 0.488 e. The van der Waals surface area contributed by atoms with E-state index in [1.807, 2.05) is 61.5 Å². The highest BCUT2D eigenvalue weighted by atomic mass is 79.9. The summed E-state index contributed by atoms with van der Waals surface area (Å²) in [6.45, 7) is 2.72. The van der Waals surface area contributed by atoms with Crippen molar-refractivity contribution in [2.24, 2.45) is 0 Å². The number of fused-ring (bicyclic) bond motifs is 1. The summed E-state index contributed by atoms with van der Waals surface area (Å²) in [5.41, 5.74) is 3.96. The number of imide groups is 1. The second kappa shape index (κ2) is 10.1. The summed E-state index contributed by atoms with van der Waals surface area (Å²) in [5, 5.41) is 2.13. The topological polar surface area (TPSA) is 46.6 Å². The molecule has 0 spiro atoms. The third kappa shape index (κ3) is 5.34. The Hall–Kier alpha value is -3.35. The number of ether oxygens (including phenoxy) is 1. The molecule has 2 amide bonds. The minimum atomic E-state index is -0.270. The molecule has 0 aromatic heterocycles. The molecule has 0 aliphatic carbocycles. The molecule has 174 valence electrons. The lowest BCUT2D eigenvalue weighted by molar-refractivity contribution is -0.123. The molecule has 0 radical (unpaired) electrons. The number of carbonyl (C=O) groups excluding carboxylic acids is 2. The van der Waals surface area contributed by atoms with Crippen LogP contribution in [-0.4, -0.2) is 16.0 Å². The van der Waals surface area contributed by atoms with Gasteiger partial charge < -0.3 is 4.74 Å². The van der Waals surface area contributed by atoms with Crippen molar-refractivity contribution in [1.82, 2.24) is 4.90 Å². The molecule has 1 aliphatic heterocycles. The Morgan fingerprint density at radius 1 is 0.886 bits per heavy atom. The molecule has 5 rings (SSSR count). The van der Waals surface area contributed by atoms with Gasteiger partial charge in [0.05, 0.1) is 15.9 Å². The predicted octanol–water partition coefficient (Wildman–Crippen LogP) is 7.73. The van der Waals surface area contributed by atoms with Crippen molar-refractivity contribution in [2.45, 2.75) is 20.1 Å². The number of carbonyl (C=O) groups is 2. The SMILES string of the molecule is Cc1ccc(CN2C(=O)S/C(=C\c3ccc(OCc4ccc5ccccc5c4)c(Br)c3)C2=O)cc1. The van der Waals surface area contributed by atoms with Crippen LogP contribution in [0.25, 0.3) is 16.8 Å². The van der Waals surface area contributed by atoms with E-state index in [2.05, 4.69) is 46.3 Å². The lowest BCUT2D eigenvalue weighted by Crippen LogP contribution is -2.27. The zero-order chi connectivity index (χ0) is 24.4. The second-order valence-corrected chi connectivity index (χ2v) is 10.3. The van der Waals surface area contributed by atoms with Gasteiger partial charge in [0.15, 0.2) is 0 Å². The van der Waals surface area contributed by atoms with Crippen molar-refractivity contribution in [3.63, 3.8) is 0 Å². The van der Waals surface area contributed by atoms with E-state index in [4.69, 9.17) is 4.74 Å². The number of nitrogens with zero attached hydrogens (tertiary/aromatic N) is 1. The summed E-state index contributed by atoms with van der Waals surface area (Å²) < 4.78 is 6.81. The van der Waals surface area contributed by atoms with E-state index in [-0.39, 0.29) is 17.7 Å². The fourth-order valence-electron chi connectivity index (χ4n) is 3.88. The average molecular weight is 544 g/mol. The Balaban J connectivity index is 1.27. The predicted molar refractivity (Wildman–Crippen MR) is 145 cm³/mol. The van der Waals surface area contributed by atoms with E-state index in [0.717, 1.165) is 38.5 Å². The third-order valence-electron chi connectivity index (χ3n) is 5.80. The standard InChI is InChI=1S/C29H22BrNO3S/c1-19-6-8-20(9-7-19)17-31-28(32)27(35-29(31)33)16-21-11-13-26(25(30)15-21)34-18-22-10-12-23-4-2-3-5-24(23)14-22/h2-16H,17-18H2,1H3/b27-16-. The van der Waals surface area contributed by atoms with Crippen molar-refractivity contribution in [1.29, 1.82) is 0 Å². The maximum Gasteiger partial charge on any atom is 0.293 e. The van der Waals surface area contributed by atoms with E-state index in [1.54, 1.807) is 6.08 Å². The smallest absolute Gasteiger partial charge is 0.293 e. The van der Waals surface area contributed by atoms with Crippen molar-refractivity contribution in [3.8, 4) is 5.75 Å². The molecule has 4 nitrogen and oxygen atoms in total. The van der Waals surface area contributed by atoms with E-state index in [9.17, 15) is 9.59 Å². The molecule has 1 saturated heterocycles. The molecule has 0 bridgehead atoms. The van der Waals surface area contributed by atoms with Crippen LogP contribution in [0, 0.1) is 6.92 Å². The first-order valence-electron chi connectivity index (χ1n) is 11.2. The Kier molecular flexibility index (Phi) is 6.75. The molecule has 4 aromatic rings. The van der Waals surface area contributed by atoms with E-state index < -0.39 is 0 Å². The first-order valence-corrected chi connectivity index (χ1v) is 12.8. The van der Waals surface area contributed by atoms with Crippen LogP contribution in [0.5, 0.6) is 5.75 Å². The van der Waals surface area contributed by atoms with Crippen LogP contribution in [0.4, 0.5) is 4.79 Å². The van der Waals surface area contributed by atoms with Gasteiger partial charge in [-0.2, -0.15) is 0 Å². The Bertz CT molecular complexity index is 1460. The first kappa shape index (κ1) is 23.4. The average Bonchev–Trinajstić information content (AvgIpc) is 3.12. The number of rotatable bonds is 6. The number of benzene rings is 4. The second-order valence-electron chi connectivity index (χ2n) is 8.41. The van der Waals surface area contributed by atoms with E-state index >= 15 is 0 Å². The summed E-state index contributed by atoms with van der Waals surface area (Å²) in [6, 6.07) is 28.0. The number of hydrogen-bond acceptors (Lipinski definition) is 4. The van der Waals surface area contributed by atoms with E-state index in [0.29, 0.717) is 17.3 Å². The summed E-state index contributed by atoms with van der Waals surface area (Å²) >= 11 is 4.54. The minimum Gasteiger partial charge on any atom is -0.488 e. The molecule has 6 heteroatoms. The van der Waals surface area contributed by atoms with Gasteiger partial charge in [-0.3, -0.25) is 14.5 Å². The van der Waals surface area contributed by atoms with Gasteiger partial charge in [-0.05, 0) is 86.4 Å². The molecule has 1 heterocycles. The van der Waals surface area contributed by atoms with Crippen LogP contribution in [0.2, 0.25) is 0 Å². The molecule has 4 aromatic carbocycles. The third-order valence-corrected chi connectivity index (χ3v) is 7.32. The molecule has 0 unspecified atom stereocenters. The Morgan fingerprint density at radius 3 is 2.40 bits per heavy atom. The first-order chi connectivity index (χ1) is 17.0. The number of aryl methyl sites for hydroxylation is 1. The highest BCUT2D eigenvalue weighted by molar-refractivity contribution is 9.10. The zero-order valence-electron chi connectivity index (χ0n) is 19.0. The number of amides is 2. The van der Waals surface area contributed by atoms with Gasteiger partial charge in [0, 0.05) is 0 Å². The quantitative estimate of drug-likeness (QED) is 0.233. The monoisotopic (exact) mass is 543 g/mol. The molecular weight excluding hydrogens is 522 g/mol. The number of hydrogen-bond donors (Lipinski definition) is 0. The summed E-state index contributed by atoms with van der Waals surface area (Å²) in [4.78, 5) is 27.1. The molecule has 0 N–H and O–H groups in total. The van der Waals surface area contributed by atoms with Crippen molar-refractivity contribution in [2.75, 3.05) is 0 Å². The summed E-state index contributed by atoms with van der Waals surface area (Å²) in [5.74, 6) is 0.441. The molecular formula is C29H22BrNO3S. The van der Waals surface area contributed by atoms with Gasteiger partial charge in [0.2, 0.25) is 0 Å². The number of thioether (sulfide) groups is 1. The Morgan fingerprint density at radius 2 is 1.63 bits per heavy atom. The molecule has 0 saturated carbocycles. The molecule has 1 fully saturated rings. The van der Waals surface area contributed by atoms with Gasteiger partial charge >= 0.3 is 0 Å². The normalized spacial score (nSPS) is 14.8. The van der Waals surface area contributed by atoms with Crippen LogP contribution in [0.3, 0.4) is 0 Å². The fraction of sp³-hybridized carbons (Fsp3) is 0.103. The van der Waals surface area contributed by atoms with Crippen molar-refractivity contribution in [3.05, 3.63) is 117 Å². The van der Waals surface area contributed by atoms with Crippen molar-refractivity contribution < 1.29 is 14.3 Å². The number of halogens is 1. The lowest BCUT2D eigenvalue weighted by atomic mass is 10.1. The van der Waals surface area contributed by atoms with Crippen LogP contribution < -0.4 is 4.74 Å². The molecule has 0 atom stereocenters. The van der Waals surface area contributed by atoms with Crippen LogP contribution in [-0.2, 0) is 17.9 Å². The van der Waals surface area contributed by atoms with Crippen molar-refractivity contribution >= 4 is 55.7 Å². The van der Waals surface area contributed by atoms with Gasteiger partial charge in [0.1, 0.15) is 12.4 Å².